The molecule has 3 aromatic carbocycles. The van der Waals surface area contributed by atoms with E-state index < -0.39 is 16.1 Å². The summed E-state index contributed by atoms with van der Waals surface area (Å²) in [6.07, 6.45) is 0.731. The van der Waals surface area contributed by atoms with E-state index in [0.29, 0.717) is 12.4 Å². The molecular weight excluding hydrogens is 438 g/mol. The molecular formula is C22H20BrNO3S. The highest BCUT2D eigenvalue weighted by Crippen LogP contribution is 2.39. The van der Waals surface area contributed by atoms with Crippen molar-refractivity contribution in [1.82, 2.24) is 4.31 Å². The highest BCUT2D eigenvalue weighted by Gasteiger charge is 2.34. The van der Waals surface area contributed by atoms with Crippen molar-refractivity contribution >= 4 is 26.0 Å². The average molecular weight is 458 g/mol. The van der Waals surface area contributed by atoms with Crippen LogP contribution in [0.2, 0.25) is 0 Å². The maximum Gasteiger partial charge on any atom is 0.247 e. The van der Waals surface area contributed by atoms with Gasteiger partial charge in [-0.05, 0) is 28.8 Å². The van der Waals surface area contributed by atoms with Crippen LogP contribution in [-0.4, -0.2) is 26.4 Å². The fourth-order valence-electron chi connectivity index (χ4n) is 3.60. The topological polar surface area (TPSA) is 46.6 Å². The highest BCUT2D eigenvalue weighted by atomic mass is 79.9. The molecule has 0 amide bonds. The summed E-state index contributed by atoms with van der Waals surface area (Å²) in [5.41, 5.74) is 2.72. The van der Waals surface area contributed by atoms with Gasteiger partial charge in [0, 0.05) is 17.9 Å². The van der Waals surface area contributed by atoms with E-state index in [1.54, 1.807) is 19.2 Å². The van der Waals surface area contributed by atoms with E-state index in [-0.39, 0.29) is 4.90 Å². The third-order valence-electron chi connectivity index (χ3n) is 5.01. The highest BCUT2D eigenvalue weighted by molar-refractivity contribution is 9.10. The van der Waals surface area contributed by atoms with E-state index >= 15 is 0 Å². The lowest BCUT2D eigenvalue weighted by Gasteiger charge is -2.29. The Hall–Kier alpha value is -2.15. The molecule has 1 heterocycles. The van der Waals surface area contributed by atoms with Gasteiger partial charge in [0.25, 0.3) is 0 Å². The van der Waals surface area contributed by atoms with Gasteiger partial charge in [-0.1, -0.05) is 76.6 Å². The summed E-state index contributed by atoms with van der Waals surface area (Å²) >= 11 is 3.59. The molecule has 0 aliphatic carbocycles. The third-order valence-corrected chi connectivity index (χ3v) is 7.58. The van der Waals surface area contributed by atoms with Gasteiger partial charge in [0.05, 0.1) is 12.6 Å². The minimum Gasteiger partial charge on any atom is -0.492 e. The molecule has 0 saturated heterocycles. The minimum absolute atomic E-state index is 0.220. The zero-order valence-electron chi connectivity index (χ0n) is 15.4. The first kappa shape index (κ1) is 19.2. The Morgan fingerprint density at radius 2 is 1.68 bits per heavy atom. The van der Waals surface area contributed by atoms with Crippen LogP contribution in [0.3, 0.4) is 0 Å². The summed E-state index contributed by atoms with van der Waals surface area (Å²) in [6.45, 7) is 0.512. The van der Waals surface area contributed by atoms with E-state index in [2.05, 4.69) is 15.9 Å². The smallest absolute Gasteiger partial charge is 0.247 e. The van der Waals surface area contributed by atoms with Gasteiger partial charge in [0.2, 0.25) is 10.0 Å². The monoisotopic (exact) mass is 457 g/mol. The van der Waals surface area contributed by atoms with E-state index in [4.69, 9.17) is 4.74 Å². The Labute approximate surface area is 174 Å². The molecule has 0 saturated carbocycles. The molecule has 0 spiro atoms. The van der Waals surface area contributed by atoms with Crippen molar-refractivity contribution in [2.24, 2.45) is 0 Å². The molecule has 0 fully saturated rings. The van der Waals surface area contributed by atoms with Crippen LogP contribution in [0.25, 0.3) is 0 Å². The molecule has 0 radical (unpaired) electrons. The number of benzene rings is 3. The van der Waals surface area contributed by atoms with Crippen LogP contribution in [0, 0.1) is 0 Å². The summed E-state index contributed by atoms with van der Waals surface area (Å²) in [4.78, 5) is 0.220. The number of nitrogens with zero attached hydrogens (tertiary/aromatic N) is 1. The standard InChI is InChI=1S/C22H20BrNO3S/c1-24(28(25,26)20-13-7-10-17-14-15-27-22(17)20)21(16-8-3-2-4-9-16)18-11-5-6-12-19(18)23/h2-13,21H,14-15H2,1H3. The Bertz CT molecular complexity index is 1100. The van der Waals surface area contributed by atoms with Gasteiger partial charge in [-0.2, -0.15) is 4.31 Å². The molecule has 0 bridgehead atoms. The molecule has 28 heavy (non-hydrogen) atoms. The van der Waals surface area contributed by atoms with Gasteiger partial charge in [-0.3, -0.25) is 0 Å². The van der Waals surface area contributed by atoms with E-state index in [0.717, 1.165) is 27.6 Å². The lowest BCUT2D eigenvalue weighted by Crippen LogP contribution is -2.32. The van der Waals surface area contributed by atoms with Crippen molar-refractivity contribution in [3.63, 3.8) is 0 Å². The van der Waals surface area contributed by atoms with Gasteiger partial charge in [-0.15, -0.1) is 0 Å². The van der Waals surface area contributed by atoms with Crippen LogP contribution in [0.4, 0.5) is 0 Å². The van der Waals surface area contributed by atoms with E-state index in [9.17, 15) is 8.42 Å². The summed E-state index contributed by atoms with van der Waals surface area (Å²) in [6, 6.07) is 22.2. The van der Waals surface area contributed by atoms with Crippen LogP contribution >= 0.6 is 15.9 Å². The first-order chi connectivity index (χ1) is 13.5. The molecule has 0 aromatic heterocycles. The summed E-state index contributed by atoms with van der Waals surface area (Å²) in [7, 11) is -2.16. The molecule has 4 rings (SSSR count). The number of rotatable bonds is 5. The molecule has 3 aromatic rings. The predicted octanol–water partition coefficient (Wildman–Crippen LogP) is 4.79. The largest absolute Gasteiger partial charge is 0.492 e. The first-order valence-corrected chi connectivity index (χ1v) is 11.3. The van der Waals surface area contributed by atoms with E-state index in [1.165, 1.54) is 4.31 Å². The Kier molecular flexibility index (Phi) is 5.27. The predicted molar refractivity (Wildman–Crippen MR) is 113 cm³/mol. The second kappa shape index (κ2) is 7.70. The zero-order valence-corrected chi connectivity index (χ0v) is 17.8. The quantitative estimate of drug-likeness (QED) is 0.552. The van der Waals surface area contributed by atoms with Gasteiger partial charge in [-0.25, -0.2) is 8.42 Å². The lowest BCUT2D eigenvalue weighted by atomic mass is 9.99. The van der Waals surface area contributed by atoms with Crippen LogP contribution in [0.5, 0.6) is 5.75 Å². The average Bonchev–Trinajstić information content (AvgIpc) is 3.19. The number of fused-ring (bicyclic) bond motifs is 1. The van der Waals surface area contributed by atoms with Crippen molar-refractivity contribution in [2.75, 3.05) is 13.7 Å². The molecule has 1 aliphatic rings. The lowest BCUT2D eigenvalue weighted by molar-refractivity contribution is 0.345. The summed E-state index contributed by atoms with van der Waals surface area (Å²) < 4.78 is 35.2. The second-order valence-corrected chi connectivity index (χ2v) is 9.52. The Balaban J connectivity index is 1.85. The van der Waals surface area contributed by atoms with Crippen molar-refractivity contribution in [2.45, 2.75) is 17.4 Å². The molecule has 1 aliphatic heterocycles. The number of ether oxygens (including phenoxy) is 1. The van der Waals surface area contributed by atoms with Crippen molar-refractivity contribution in [1.29, 1.82) is 0 Å². The number of sulfonamides is 1. The van der Waals surface area contributed by atoms with Gasteiger partial charge < -0.3 is 4.74 Å². The molecule has 1 unspecified atom stereocenters. The molecule has 1 atom stereocenters. The first-order valence-electron chi connectivity index (χ1n) is 9.02. The maximum absolute atomic E-state index is 13.6. The van der Waals surface area contributed by atoms with Crippen molar-refractivity contribution in [3.8, 4) is 5.75 Å². The third kappa shape index (κ3) is 3.36. The summed E-state index contributed by atoms with van der Waals surface area (Å²) in [5, 5.41) is 0. The normalized spacial score (nSPS) is 14.5. The van der Waals surface area contributed by atoms with Crippen LogP contribution in [-0.2, 0) is 16.4 Å². The number of hydrogen-bond donors (Lipinski definition) is 0. The number of halogens is 1. The Morgan fingerprint density at radius 1 is 0.964 bits per heavy atom. The summed E-state index contributed by atoms with van der Waals surface area (Å²) in [5.74, 6) is 0.480. The minimum atomic E-state index is -3.79. The SMILES string of the molecule is CN(C(c1ccccc1)c1ccccc1Br)S(=O)(=O)c1cccc2c1OCC2. The fourth-order valence-corrected chi connectivity index (χ4v) is 5.60. The second-order valence-electron chi connectivity index (χ2n) is 6.70. The van der Waals surface area contributed by atoms with Crippen molar-refractivity contribution in [3.05, 3.63) is 94.0 Å². The van der Waals surface area contributed by atoms with Gasteiger partial charge >= 0.3 is 0 Å². The van der Waals surface area contributed by atoms with Gasteiger partial charge in [0.1, 0.15) is 10.6 Å². The zero-order chi connectivity index (χ0) is 19.7. The fraction of sp³-hybridized carbons (Fsp3) is 0.182. The van der Waals surface area contributed by atoms with Crippen LogP contribution < -0.4 is 4.74 Å². The maximum atomic E-state index is 13.6. The number of hydrogen-bond acceptors (Lipinski definition) is 3. The Morgan fingerprint density at radius 3 is 2.43 bits per heavy atom. The van der Waals surface area contributed by atoms with E-state index in [1.807, 2.05) is 60.7 Å². The van der Waals surface area contributed by atoms with Crippen LogP contribution in [0.15, 0.2) is 82.2 Å². The molecule has 0 N–H and O–H groups in total. The molecule has 4 nitrogen and oxygen atoms in total. The molecule has 144 valence electrons. The number of para-hydroxylation sites is 1. The molecule has 6 heteroatoms. The van der Waals surface area contributed by atoms with Crippen molar-refractivity contribution < 1.29 is 13.2 Å². The van der Waals surface area contributed by atoms with Gasteiger partial charge in [0.15, 0.2) is 0 Å². The van der Waals surface area contributed by atoms with Crippen LogP contribution in [0.1, 0.15) is 22.7 Å².